The molecule has 0 bridgehead atoms. The van der Waals surface area contributed by atoms with Crippen molar-refractivity contribution in [2.24, 2.45) is 0 Å². The summed E-state index contributed by atoms with van der Waals surface area (Å²) in [5.74, 6) is -1.86. The topological polar surface area (TPSA) is 23.8 Å². The Balaban J connectivity index is 3.20. The maximum absolute atomic E-state index is 12.6. The van der Waals surface area contributed by atoms with Crippen LogP contribution in [0.3, 0.4) is 0 Å². The second kappa shape index (κ2) is 4.88. The summed E-state index contributed by atoms with van der Waals surface area (Å²) in [5.41, 5.74) is -1.86. The quantitative estimate of drug-likeness (QED) is 0.734. The van der Waals surface area contributed by atoms with Crippen molar-refractivity contribution in [1.29, 1.82) is 5.26 Å². The van der Waals surface area contributed by atoms with Crippen molar-refractivity contribution < 1.29 is 26.3 Å². The predicted molar refractivity (Wildman–Crippen MR) is 50.5 cm³/mol. The molecule has 0 saturated heterocycles. The summed E-state index contributed by atoms with van der Waals surface area (Å²) in [5, 5.41) is 8.62. The Kier molecular flexibility index (Phi) is 3.89. The number of hydrogen-bond donors (Lipinski definition) is 0. The molecule has 0 N–H and O–H groups in total. The van der Waals surface area contributed by atoms with E-state index in [9.17, 15) is 26.3 Å². The first-order valence-corrected chi connectivity index (χ1v) is 4.77. The second-order valence-corrected chi connectivity index (χ2v) is 3.59. The minimum atomic E-state index is -4.78. The summed E-state index contributed by atoms with van der Waals surface area (Å²) in [6.07, 6.45) is -11.1. The van der Waals surface area contributed by atoms with Gasteiger partial charge in [0.15, 0.2) is 0 Å². The number of halogens is 6. The van der Waals surface area contributed by atoms with Crippen molar-refractivity contribution in [1.82, 2.24) is 0 Å². The van der Waals surface area contributed by atoms with Crippen molar-refractivity contribution in [3.63, 3.8) is 0 Å². The number of alkyl halides is 6. The van der Waals surface area contributed by atoms with Crippen LogP contribution >= 0.6 is 0 Å². The third-order valence-electron chi connectivity index (χ3n) is 2.23. The summed E-state index contributed by atoms with van der Waals surface area (Å²) in [7, 11) is 0. The van der Waals surface area contributed by atoms with Crippen LogP contribution in [0, 0.1) is 11.3 Å². The molecular weight excluding hydrogens is 260 g/mol. The van der Waals surface area contributed by atoms with Gasteiger partial charge in [0, 0.05) is 0 Å². The third-order valence-corrected chi connectivity index (χ3v) is 2.23. The molecule has 0 aliphatic carbocycles. The van der Waals surface area contributed by atoms with Crippen LogP contribution in [0.4, 0.5) is 26.3 Å². The normalized spacial score (nSPS) is 14.1. The molecule has 0 aliphatic rings. The van der Waals surface area contributed by atoms with Gasteiger partial charge in [-0.25, -0.2) is 0 Å². The fourth-order valence-electron chi connectivity index (χ4n) is 1.52. The Hall–Kier alpha value is -1.71. The molecule has 0 aromatic heterocycles. The van der Waals surface area contributed by atoms with Gasteiger partial charge in [-0.2, -0.15) is 31.6 Å². The third kappa shape index (κ3) is 3.65. The largest absolute Gasteiger partial charge is 0.416 e. The number of hydrogen-bond acceptors (Lipinski definition) is 1. The smallest absolute Gasteiger partial charge is 0.198 e. The van der Waals surface area contributed by atoms with Crippen molar-refractivity contribution >= 4 is 0 Å². The first kappa shape index (κ1) is 14.4. The molecule has 0 saturated carbocycles. The molecule has 1 unspecified atom stereocenters. The number of nitriles is 1. The van der Waals surface area contributed by atoms with Gasteiger partial charge in [-0.3, -0.25) is 0 Å². The van der Waals surface area contributed by atoms with E-state index in [1.807, 2.05) is 0 Å². The van der Waals surface area contributed by atoms with Crippen molar-refractivity contribution in [2.75, 3.05) is 0 Å². The maximum Gasteiger partial charge on any atom is 0.416 e. The van der Waals surface area contributed by atoms with Crippen LogP contribution in [0.5, 0.6) is 0 Å². The fraction of sp³-hybridized carbons (Fsp3) is 0.364. The van der Waals surface area contributed by atoms with Crippen LogP contribution < -0.4 is 0 Å². The molecule has 0 amide bonds. The maximum atomic E-state index is 12.6. The Morgan fingerprint density at radius 3 is 2.06 bits per heavy atom. The van der Waals surface area contributed by atoms with Gasteiger partial charge in [-0.1, -0.05) is 18.2 Å². The molecule has 1 rings (SSSR count). The van der Waals surface area contributed by atoms with E-state index in [1.54, 1.807) is 0 Å². The summed E-state index contributed by atoms with van der Waals surface area (Å²) in [6.45, 7) is 0. The van der Waals surface area contributed by atoms with E-state index >= 15 is 0 Å². The van der Waals surface area contributed by atoms with Crippen LogP contribution in [0.15, 0.2) is 24.3 Å². The van der Waals surface area contributed by atoms with Gasteiger partial charge in [0.05, 0.1) is 24.0 Å². The number of rotatable bonds is 2. The molecule has 0 spiro atoms. The molecule has 1 aromatic carbocycles. The average molecular weight is 267 g/mol. The second-order valence-electron chi connectivity index (χ2n) is 3.59. The summed E-state index contributed by atoms with van der Waals surface area (Å²) < 4.78 is 74.3. The van der Waals surface area contributed by atoms with E-state index in [2.05, 4.69) is 0 Å². The molecule has 1 atom stereocenters. The summed E-state index contributed by atoms with van der Waals surface area (Å²) in [6, 6.07) is 5.06. The van der Waals surface area contributed by atoms with Gasteiger partial charge in [0.1, 0.15) is 0 Å². The standard InChI is InChI=1S/C11H7F6N/c12-10(13,14)5-7(6-18)8-3-1-2-4-9(8)11(15,16)17/h1-4,7H,5H2. The van der Waals surface area contributed by atoms with E-state index in [0.29, 0.717) is 6.07 Å². The zero-order valence-corrected chi connectivity index (χ0v) is 8.81. The van der Waals surface area contributed by atoms with Crippen molar-refractivity contribution in [3.8, 4) is 6.07 Å². The van der Waals surface area contributed by atoms with Crippen molar-refractivity contribution in [3.05, 3.63) is 35.4 Å². The fourth-order valence-corrected chi connectivity index (χ4v) is 1.52. The first-order chi connectivity index (χ1) is 8.15. The molecule has 98 valence electrons. The van der Waals surface area contributed by atoms with E-state index in [4.69, 9.17) is 5.26 Å². The highest BCUT2D eigenvalue weighted by molar-refractivity contribution is 5.35. The molecule has 0 heterocycles. The minimum Gasteiger partial charge on any atom is -0.198 e. The Labute approximate surface area is 98.6 Å². The zero-order valence-electron chi connectivity index (χ0n) is 8.81. The summed E-state index contributed by atoms with van der Waals surface area (Å²) in [4.78, 5) is 0. The zero-order chi connectivity index (χ0) is 14.0. The van der Waals surface area contributed by atoms with E-state index in [0.717, 1.165) is 12.1 Å². The lowest BCUT2D eigenvalue weighted by molar-refractivity contribution is -0.143. The highest BCUT2D eigenvalue weighted by atomic mass is 19.4. The SMILES string of the molecule is N#CC(CC(F)(F)F)c1ccccc1C(F)(F)F. The van der Waals surface area contributed by atoms with Crippen LogP contribution in [0.1, 0.15) is 23.5 Å². The van der Waals surface area contributed by atoms with Gasteiger partial charge < -0.3 is 0 Å². The molecular formula is C11H7F6N. The van der Waals surface area contributed by atoms with Crippen LogP contribution in [0.25, 0.3) is 0 Å². The Morgan fingerprint density at radius 1 is 1.06 bits per heavy atom. The van der Waals surface area contributed by atoms with E-state index in [-0.39, 0.29) is 0 Å². The Bertz CT molecular complexity index is 454. The highest BCUT2D eigenvalue weighted by Crippen LogP contribution is 2.38. The Morgan fingerprint density at radius 2 is 1.61 bits per heavy atom. The van der Waals surface area contributed by atoms with Crippen LogP contribution in [0.2, 0.25) is 0 Å². The number of nitrogens with zero attached hydrogens (tertiary/aromatic N) is 1. The lowest BCUT2D eigenvalue weighted by Crippen LogP contribution is -2.17. The monoisotopic (exact) mass is 267 g/mol. The average Bonchev–Trinajstić information content (AvgIpc) is 2.23. The molecule has 1 aromatic rings. The molecule has 0 fully saturated rings. The van der Waals surface area contributed by atoms with Gasteiger partial charge in [0.25, 0.3) is 0 Å². The highest BCUT2D eigenvalue weighted by Gasteiger charge is 2.39. The molecule has 7 heteroatoms. The first-order valence-electron chi connectivity index (χ1n) is 4.77. The van der Waals surface area contributed by atoms with E-state index < -0.39 is 35.8 Å². The molecule has 0 aliphatic heterocycles. The molecule has 18 heavy (non-hydrogen) atoms. The van der Waals surface area contributed by atoms with Gasteiger partial charge >= 0.3 is 12.4 Å². The van der Waals surface area contributed by atoms with Gasteiger partial charge in [-0.05, 0) is 11.6 Å². The predicted octanol–water partition coefficient (Wildman–Crippen LogP) is 4.26. The van der Waals surface area contributed by atoms with Crippen LogP contribution in [-0.4, -0.2) is 6.18 Å². The van der Waals surface area contributed by atoms with Crippen molar-refractivity contribution in [2.45, 2.75) is 24.7 Å². The van der Waals surface area contributed by atoms with Gasteiger partial charge in [-0.15, -0.1) is 0 Å². The lowest BCUT2D eigenvalue weighted by atomic mass is 9.92. The number of benzene rings is 1. The van der Waals surface area contributed by atoms with Gasteiger partial charge in [0.2, 0.25) is 0 Å². The molecule has 1 nitrogen and oxygen atoms in total. The molecule has 0 radical (unpaired) electrons. The lowest BCUT2D eigenvalue weighted by Gasteiger charge is -2.17. The minimum absolute atomic E-state index is 0.648. The van der Waals surface area contributed by atoms with Crippen LogP contribution in [-0.2, 0) is 6.18 Å². The van der Waals surface area contributed by atoms with E-state index in [1.165, 1.54) is 12.1 Å². The summed E-state index contributed by atoms with van der Waals surface area (Å²) >= 11 is 0.